The largest absolute Gasteiger partial charge is 0.468 e. The highest BCUT2D eigenvalue weighted by atomic mass is 16.5. The number of piperidine rings is 1. The smallest absolute Gasteiger partial charge is 0.325 e. The van der Waals surface area contributed by atoms with Gasteiger partial charge in [0.1, 0.15) is 12.3 Å². The molecule has 1 aliphatic rings. The van der Waals surface area contributed by atoms with Crippen LogP contribution in [0.5, 0.6) is 0 Å². The molecular formula is C14H20N2O4. The first-order valence-corrected chi connectivity index (χ1v) is 6.85. The third kappa shape index (κ3) is 4.09. The topological polar surface area (TPSA) is 71.8 Å². The Morgan fingerprint density at radius 3 is 2.75 bits per heavy atom. The Bertz CT molecular complexity index is 463. The predicted octanol–water partition coefficient (Wildman–Crippen LogP) is 1.17. The number of amides is 1. The van der Waals surface area contributed by atoms with Gasteiger partial charge in [-0.1, -0.05) is 6.42 Å². The van der Waals surface area contributed by atoms with E-state index in [2.05, 4.69) is 15.0 Å². The first kappa shape index (κ1) is 14.6. The van der Waals surface area contributed by atoms with Crippen molar-refractivity contribution in [3.05, 3.63) is 23.7 Å². The number of hydrogen-bond donors (Lipinski definition) is 1. The lowest BCUT2D eigenvalue weighted by Gasteiger charge is -2.25. The van der Waals surface area contributed by atoms with Gasteiger partial charge in [0.05, 0.1) is 13.7 Å². The second-order valence-corrected chi connectivity index (χ2v) is 4.86. The molecule has 110 valence electrons. The minimum absolute atomic E-state index is 0.155. The van der Waals surface area contributed by atoms with Crippen LogP contribution in [0.25, 0.3) is 0 Å². The summed E-state index contributed by atoms with van der Waals surface area (Å²) in [5.41, 5.74) is 0. The van der Waals surface area contributed by atoms with Crippen molar-refractivity contribution < 1.29 is 18.7 Å². The van der Waals surface area contributed by atoms with E-state index in [-0.39, 0.29) is 12.3 Å². The Hall–Kier alpha value is -1.82. The Morgan fingerprint density at radius 1 is 1.30 bits per heavy atom. The van der Waals surface area contributed by atoms with E-state index in [0.717, 1.165) is 25.4 Å². The summed E-state index contributed by atoms with van der Waals surface area (Å²) in [5.74, 6) is 0.106. The van der Waals surface area contributed by atoms with E-state index in [9.17, 15) is 9.59 Å². The average Bonchev–Trinajstić information content (AvgIpc) is 2.94. The highest BCUT2D eigenvalue weighted by molar-refractivity contribution is 5.93. The molecule has 1 fully saturated rings. The maximum Gasteiger partial charge on any atom is 0.325 e. The van der Waals surface area contributed by atoms with Crippen molar-refractivity contribution >= 4 is 11.9 Å². The zero-order valence-electron chi connectivity index (χ0n) is 11.7. The van der Waals surface area contributed by atoms with Crippen LogP contribution >= 0.6 is 0 Å². The zero-order chi connectivity index (χ0) is 14.4. The Balaban J connectivity index is 1.84. The van der Waals surface area contributed by atoms with E-state index in [1.54, 1.807) is 6.07 Å². The van der Waals surface area contributed by atoms with E-state index < -0.39 is 11.9 Å². The number of furan rings is 1. The molecule has 0 spiro atoms. The number of methoxy groups -OCH3 is 1. The minimum Gasteiger partial charge on any atom is -0.468 e. The van der Waals surface area contributed by atoms with Crippen LogP contribution in [0.2, 0.25) is 0 Å². The van der Waals surface area contributed by atoms with Gasteiger partial charge in [-0.25, -0.2) is 0 Å². The zero-order valence-corrected chi connectivity index (χ0v) is 11.7. The van der Waals surface area contributed by atoms with Crippen LogP contribution in [0.3, 0.4) is 0 Å². The number of nitrogens with zero attached hydrogens (tertiary/aromatic N) is 1. The summed E-state index contributed by atoms with van der Waals surface area (Å²) in [5, 5.41) is 2.45. The first-order valence-electron chi connectivity index (χ1n) is 6.85. The molecule has 2 heterocycles. The number of rotatable bonds is 5. The van der Waals surface area contributed by atoms with Crippen LogP contribution in [-0.2, 0) is 16.1 Å². The Morgan fingerprint density at radius 2 is 2.05 bits per heavy atom. The van der Waals surface area contributed by atoms with Crippen molar-refractivity contribution in [3.63, 3.8) is 0 Å². The third-order valence-corrected chi connectivity index (χ3v) is 3.33. The van der Waals surface area contributed by atoms with Crippen LogP contribution in [0, 0.1) is 0 Å². The predicted molar refractivity (Wildman–Crippen MR) is 72.2 cm³/mol. The summed E-state index contributed by atoms with van der Waals surface area (Å²) in [6, 6.07) is 3.44. The number of esters is 1. The molecule has 6 heteroatoms. The number of nitrogens with one attached hydrogen (secondary N) is 1. The molecule has 1 aromatic heterocycles. The SMILES string of the molecule is COC(=O)CNC(=O)c1ccc(CN2CCCCC2)o1. The third-order valence-electron chi connectivity index (χ3n) is 3.33. The fraction of sp³-hybridized carbons (Fsp3) is 0.571. The molecule has 1 saturated heterocycles. The van der Waals surface area contributed by atoms with Gasteiger partial charge in [0.2, 0.25) is 0 Å². The first-order chi connectivity index (χ1) is 9.69. The molecule has 0 saturated carbocycles. The molecule has 6 nitrogen and oxygen atoms in total. The number of carbonyl (C=O) groups excluding carboxylic acids is 2. The van der Waals surface area contributed by atoms with Crippen LogP contribution in [0.1, 0.15) is 35.6 Å². The van der Waals surface area contributed by atoms with Crippen molar-refractivity contribution in [3.8, 4) is 0 Å². The van der Waals surface area contributed by atoms with Gasteiger partial charge >= 0.3 is 5.97 Å². The fourth-order valence-electron chi connectivity index (χ4n) is 2.23. The van der Waals surface area contributed by atoms with Crippen LogP contribution in [0.15, 0.2) is 16.5 Å². The maximum absolute atomic E-state index is 11.7. The number of likely N-dealkylation sites (tertiary alicyclic amines) is 1. The van der Waals surface area contributed by atoms with Crippen molar-refractivity contribution in [1.82, 2.24) is 10.2 Å². The van der Waals surface area contributed by atoms with E-state index in [4.69, 9.17) is 4.42 Å². The second-order valence-electron chi connectivity index (χ2n) is 4.86. The van der Waals surface area contributed by atoms with Gasteiger partial charge < -0.3 is 14.5 Å². The lowest BCUT2D eigenvalue weighted by molar-refractivity contribution is -0.139. The van der Waals surface area contributed by atoms with Gasteiger partial charge in [0.25, 0.3) is 5.91 Å². The molecule has 1 aromatic rings. The van der Waals surface area contributed by atoms with Gasteiger partial charge in [0, 0.05) is 0 Å². The monoisotopic (exact) mass is 280 g/mol. The Labute approximate surface area is 118 Å². The molecule has 0 bridgehead atoms. The van der Waals surface area contributed by atoms with E-state index in [1.165, 1.54) is 26.4 Å². The summed E-state index contributed by atoms with van der Waals surface area (Å²) in [6.45, 7) is 2.72. The van der Waals surface area contributed by atoms with Gasteiger partial charge in [-0.05, 0) is 38.1 Å². The van der Waals surface area contributed by atoms with E-state index >= 15 is 0 Å². The number of carbonyl (C=O) groups is 2. The van der Waals surface area contributed by atoms with Gasteiger partial charge in [-0.15, -0.1) is 0 Å². The highest BCUT2D eigenvalue weighted by Gasteiger charge is 2.15. The number of hydrogen-bond acceptors (Lipinski definition) is 5. The summed E-state index contributed by atoms with van der Waals surface area (Å²) < 4.78 is 9.96. The van der Waals surface area contributed by atoms with Crippen LogP contribution in [0.4, 0.5) is 0 Å². The average molecular weight is 280 g/mol. The molecule has 0 radical (unpaired) electrons. The second kappa shape index (κ2) is 7.09. The van der Waals surface area contributed by atoms with Gasteiger partial charge in [0.15, 0.2) is 5.76 Å². The molecular weight excluding hydrogens is 260 g/mol. The molecule has 1 amide bonds. The maximum atomic E-state index is 11.7. The minimum atomic E-state index is -0.488. The van der Waals surface area contributed by atoms with E-state index in [1.807, 2.05) is 6.07 Å². The van der Waals surface area contributed by atoms with Crippen molar-refractivity contribution in [1.29, 1.82) is 0 Å². The molecule has 0 aromatic carbocycles. The fourth-order valence-corrected chi connectivity index (χ4v) is 2.23. The summed E-state index contributed by atoms with van der Waals surface area (Å²) >= 11 is 0. The lowest BCUT2D eigenvalue weighted by Crippen LogP contribution is -2.30. The molecule has 20 heavy (non-hydrogen) atoms. The summed E-state index contributed by atoms with van der Waals surface area (Å²) in [7, 11) is 1.28. The molecule has 1 aliphatic heterocycles. The van der Waals surface area contributed by atoms with Crippen LogP contribution in [-0.4, -0.2) is 43.5 Å². The highest BCUT2D eigenvalue weighted by Crippen LogP contribution is 2.15. The van der Waals surface area contributed by atoms with Crippen molar-refractivity contribution in [2.45, 2.75) is 25.8 Å². The molecule has 0 unspecified atom stereocenters. The molecule has 2 rings (SSSR count). The van der Waals surface area contributed by atoms with Crippen molar-refractivity contribution in [2.24, 2.45) is 0 Å². The van der Waals surface area contributed by atoms with E-state index in [0.29, 0.717) is 0 Å². The summed E-state index contributed by atoms with van der Waals surface area (Å²) in [4.78, 5) is 25.0. The summed E-state index contributed by atoms with van der Waals surface area (Å²) in [6.07, 6.45) is 3.72. The molecule has 0 atom stereocenters. The number of ether oxygens (including phenoxy) is 1. The van der Waals surface area contributed by atoms with Gasteiger partial charge in [-0.3, -0.25) is 14.5 Å². The molecule has 0 aliphatic carbocycles. The van der Waals surface area contributed by atoms with Crippen LogP contribution < -0.4 is 5.32 Å². The van der Waals surface area contributed by atoms with Crippen molar-refractivity contribution in [2.75, 3.05) is 26.7 Å². The molecule has 1 N–H and O–H groups in total. The quantitative estimate of drug-likeness (QED) is 0.820. The lowest BCUT2D eigenvalue weighted by atomic mass is 10.1. The Kier molecular flexibility index (Phi) is 5.17. The standard InChI is InChI=1S/C14H20N2O4/c1-19-13(17)9-15-14(18)12-6-5-11(20-12)10-16-7-3-2-4-8-16/h5-6H,2-4,7-10H2,1H3,(H,15,18). The van der Waals surface area contributed by atoms with Gasteiger partial charge in [-0.2, -0.15) is 0 Å². The normalized spacial score (nSPS) is 15.8.